The van der Waals surface area contributed by atoms with E-state index in [9.17, 15) is 0 Å². The summed E-state index contributed by atoms with van der Waals surface area (Å²) >= 11 is 0. The minimum absolute atomic E-state index is 0.265. The third-order valence-corrected chi connectivity index (χ3v) is 2.19. The molecule has 0 bridgehead atoms. The molecular weight excluding hydrogens is 206 g/mol. The van der Waals surface area contributed by atoms with E-state index in [0.29, 0.717) is 17.3 Å². The molecule has 0 amide bonds. The number of aryl methyl sites for hydroxylation is 2. The molecule has 0 spiro atoms. The van der Waals surface area contributed by atoms with Gasteiger partial charge in [-0.2, -0.15) is 4.80 Å². The summed E-state index contributed by atoms with van der Waals surface area (Å²) in [6, 6.07) is 5.65. The van der Waals surface area contributed by atoms with Gasteiger partial charge < -0.3 is 10.5 Å². The van der Waals surface area contributed by atoms with E-state index >= 15 is 0 Å². The zero-order valence-corrected chi connectivity index (χ0v) is 9.21. The first-order valence-corrected chi connectivity index (χ1v) is 4.87. The summed E-state index contributed by atoms with van der Waals surface area (Å²) in [4.78, 5) is 1.39. The third-order valence-electron chi connectivity index (χ3n) is 2.19. The zero-order valence-electron chi connectivity index (χ0n) is 9.21. The van der Waals surface area contributed by atoms with Gasteiger partial charge >= 0.3 is 0 Å². The van der Waals surface area contributed by atoms with E-state index in [1.54, 1.807) is 7.05 Å². The van der Waals surface area contributed by atoms with Gasteiger partial charge in [-0.1, -0.05) is 12.1 Å². The molecule has 1 aromatic carbocycles. The van der Waals surface area contributed by atoms with Crippen molar-refractivity contribution in [3.05, 3.63) is 29.6 Å². The lowest BCUT2D eigenvalue weighted by atomic mass is 10.2. The highest BCUT2D eigenvalue weighted by molar-refractivity contribution is 5.57. The van der Waals surface area contributed by atoms with Crippen molar-refractivity contribution in [3.8, 4) is 5.75 Å². The number of nitrogens with two attached hydrogens (primary N) is 1. The molecule has 0 aliphatic carbocycles. The van der Waals surface area contributed by atoms with E-state index in [0.717, 1.165) is 5.56 Å². The molecule has 0 atom stereocenters. The second-order valence-corrected chi connectivity index (χ2v) is 3.47. The number of para-hydroxylation sites is 1. The number of tetrazole rings is 1. The number of nitrogens with zero attached hydrogens (tertiary/aromatic N) is 4. The second-order valence-electron chi connectivity index (χ2n) is 3.47. The largest absolute Gasteiger partial charge is 0.483 e. The van der Waals surface area contributed by atoms with Crippen LogP contribution < -0.4 is 10.5 Å². The molecule has 2 rings (SSSR count). The predicted molar refractivity (Wildman–Crippen MR) is 58.7 cm³/mol. The van der Waals surface area contributed by atoms with Crippen LogP contribution in [0.5, 0.6) is 5.75 Å². The minimum Gasteiger partial charge on any atom is -0.483 e. The van der Waals surface area contributed by atoms with Crippen LogP contribution >= 0.6 is 0 Å². The van der Waals surface area contributed by atoms with Crippen LogP contribution in [0.25, 0.3) is 0 Å². The molecule has 0 saturated heterocycles. The Balaban J connectivity index is 2.07. The Morgan fingerprint density at radius 3 is 2.94 bits per heavy atom. The van der Waals surface area contributed by atoms with E-state index in [2.05, 4.69) is 15.4 Å². The number of benzene rings is 1. The highest BCUT2D eigenvalue weighted by atomic mass is 16.5. The molecule has 0 saturated carbocycles. The van der Waals surface area contributed by atoms with Gasteiger partial charge in [-0.25, -0.2) is 0 Å². The Labute approximate surface area is 93.0 Å². The first-order chi connectivity index (χ1) is 7.66. The summed E-state index contributed by atoms with van der Waals surface area (Å²) < 4.78 is 5.51. The van der Waals surface area contributed by atoms with Gasteiger partial charge in [0.2, 0.25) is 5.82 Å². The van der Waals surface area contributed by atoms with Crippen molar-refractivity contribution in [2.24, 2.45) is 7.05 Å². The number of nitrogen functional groups attached to an aromatic ring is 1. The maximum absolute atomic E-state index is 5.87. The summed E-state index contributed by atoms with van der Waals surface area (Å²) in [5, 5.41) is 11.5. The molecular formula is C10H13N5O. The Morgan fingerprint density at radius 2 is 2.25 bits per heavy atom. The van der Waals surface area contributed by atoms with Crippen molar-refractivity contribution in [3.63, 3.8) is 0 Å². The van der Waals surface area contributed by atoms with Crippen LogP contribution in [0.1, 0.15) is 11.4 Å². The second kappa shape index (κ2) is 4.18. The fourth-order valence-electron chi connectivity index (χ4n) is 1.30. The van der Waals surface area contributed by atoms with Gasteiger partial charge in [0.25, 0.3) is 0 Å². The van der Waals surface area contributed by atoms with E-state index in [1.165, 1.54) is 4.80 Å². The number of hydrogen-bond acceptors (Lipinski definition) is 5. The van der Waals surface area contributed by atoms with Crippen LogP contribution in [0.3, 0.4) is 0 Å². The van der Waals surface area contributed by atoms with Gasteiger partial charge in [-0.3, -0.25) is 0 Å². The molecule has 0 radical (unpaired) electrons. The maximum Gasteiger partial charge on any atom is 0.212 e. The predicted octanol–water partition coefficient (Wildman–Crippen LogP) is 0.680. The monoisotopic (exact) mass is 219 g/mol. The number of hydrogen-bond donors (Lipinski definition) is 1. The van der Waals surface area contributed by atoms with Crippen molar-refractivity contribution < 1.29 is 4.74 Å². The third kappa shape index (κ3) is 2.10. The van der Waals surface area contributed by atoms with Gasteiger partial charge in [-0.15, -0.1) is 10.2 Å². The Kier molecular flexibility index (Phi) is 2.72. The SMILES string of the molecule is Cc1cccc(OCc2nnn(C)n2)c1N. The van der Waals surface area contributed by atoms with Crippen molar-refractivity contribution in [2.75, 3.05) is 5.73 Å². The van der Waals surface area contributed by atoms with Crippen molar-refractivity contribution in [2.45, 2.75) is 13.5 Å². The molecule has 6 heteroatoms. The first kappa shape index (κ1) is 10.4. The van der Waals surface area contributed by atoms with Gasteiger partial charge in [0.05, 0.1) is 12.7 Å². The van der Waals surface area contributed by atoms with Crippen molar-refractivity contribution in [1.82, 2.24) is 20.2 Å². The van der Waals surface area contributed by atoms with Gasteiger partial charge in [0.15, 0.2) is 6.61 Å². The van der Waals surface area contributed by atoms with Crippen LogP contribution in [0.4, 0.5) is 5.69 Å². The molecule has 16 heavy (non-hydrogen) atoms. The summed E-state index contributed by atoms with van der Waals surface area (Å²) in [5.74, 6) is 1.18. The normalized spacial score (nSPS) is 10.4. The Morgan fingerprint density at radius 1 is 1.44 bits per heavy atom. The maximum atomic E-state index is 5.87. The summed E-state index contributed by atoms with van der Waals surface area (Å²) in [6.07, 6.45) is 0. The fraction of sp³-hybridized carbons (Fsp3) is 0.300. The fourth-order valence-corrected chi connectivity index (χ4v) is 1.30. The van der Waals surface area contributed by atoms with E-state index in [4.69, 9.17) is 10.5 Å². The number of rotatable bonds is 3. The van der Waals surface area contributed by atoms with E-state index in [-0.39, 0.29) is 6.61 Å². The molecule has 2 aromatic rings. The minimum atomic E-state index is 0.265. The molecule has 1 aromatic heterocycles. The highest BCUT2D eigenvalue weighted by Crippen LogP contribution is 2.24. The molecule has 0 fully saturated rings. The molecule has 0 unspecified atom stereocenters. The van der Waals surface area contributed by atoms with Gasteiger partial charge in [0.1, 0.15) is 5.75 Å². The van der Waals surface area contributed by atoms with E-state index in [1.807, 2.05) is 25.1 Å². The molecule has 0 aliphatic heterocycles. The molecule has 1 heterocycles. The van der Waals surface area contributed by atoms with E-state index < -0.39 is 0 Å². The number of ether oxygens (including phenoxy) is 1. The van der Waals surface area contributed by atoms with Crippen LogP contribution in [0, 0.1) is 6.92 Å². The van der Waals surface area contributed by atoms with Crippen LogP contribution in [0.15, 0.2) is 18.2 Å². The van der Waals surface area contributed by atoms with Crippen LogP contribution in [-0.4, -0.2) is 20.2 Å². The summed E-state index contributed by atoms with van der Waals surface area (Å²) in [5.41, 5.74) is 7.50. The highest BCUT2D eigenvalue weighted by Gasteiger charge is 2.05. The lowest BCUT2D eigenvalue weighted by molar-refractivity contribution is 0.297. The Hall–Kier alpha value is -2.11. The van der Waals surface area contributed by atoms with Crippen molar-refractivity contribution >= 4 is 5.69 Å². The molecule has 2 N–H and O–H groups in total. The van der Waals surface area contributed by atoms with Crippen LogP contribution in [-0.2, 0) is 13.7 Å². The van der Waals surface area contributed by atoms with Gasteiger partial charge in [-0.05, 0) is 23.8 Å². The average Bonchev–Trinajstić information content (AvgIpc) is 2.67. The lowest BCUT2D eigenvalue weighted by Gasteiger charge is -2.08. The lowest BCUT2D eigenvalue weighted by Crippen LogP contribution is -2.02. The molecule has 6 nitrogen and oxygen atoms in total. The first-order valence-electron chi connectivity index (χ1n) is 4.87. The quantitative estimate of drug-likeness (QED) is 0.768. The number of aromatic nitrogens is 4. The average molecular weight is 219 g/mol. The molecule has 0 aliphatic rings. The summed E-state index contributed by atoms with van der Waals surface area (Å²) in [7, 11) is 1.71. The molecule has 84 valence electrons. The topological polar surface area (TPSA) is 78.9 Å². The summed E-state index contributed by atoms with van der Waals surface area (Å²) in [6.45, 7) is 2.20. The van der Waals surface area contributed by atoms with Crippen LogP contribution in [0.2, 0.25) is 0 Å². The smallest absolute Gasteiger partial charge is 0.212 e. The zero-order chi connectivity index (χ0) is 11.5. The van der Waals surface area contributed by atoms with Gasteiger partial charge in [0, 0.05) is 0 Å². The Bertz CT molecular complexity index is 494. The number of anilines is 1. The van der Waals surface area contributed by atoms with Crippen molar-refractivity contribution in [1.29, 1.82) is 0 Å². The standard InChI is InChI=1S/C10H13N5O/c1-7-4-3-5-8(10(7)11)16-6-9-12-14-15(2)13-9/h3-5H,6,11H2,1-2H3.